The Bertz CT molecular complexity index is 786. The predicted octanol–water partition coefficient (Wildman–Crippen LogP) is 3.08. The highest BCUT2D eigenvalue weighted by molar-refractivity contribution is 7.10. The van der Waals surface area contributed by atoms with Crippen LogP contribution in [0.4, 0.5) is 5.69 Å². The number of thiophene rings is 1. The molecule has 0 radical (unpaired) electrons. The van der Waals surface area contributed by atoms with Gasteiger partial charge in [0.25, 0.3) is 0 Å². The molecule has 1 saturated heterocycles. The summed E-state index contributed by atoms with van der Waals surface area (Å²) in [5.74, 6) is 0.302. The summed E-state index contributed by atoms with van der Waals surface area (Å²) in [7, 11) is 3.39. The van der Waals surface area contributed by atoms with Crippen LogP contribution in [0.5, 0.6) is 5.75 Å². The summed E-state index contributed by atoms with van der Waals surface area (Å²) in [6.45, 7) is 3.03. The number of carbonyl (C=O) groups excluding carboxylic acids is 2. The van der Waals surface area contributed by atoms with Gasteiger partial charge in [0.1, 0.15) is 5.75 Å². The molecule has 1 fully saturated rings. The van der Waals surface area contributed by atoms with Gasteiger partial charge in [-0.05, 0) is 36.1 Å². The quantitative estimate of drug-likeness (QED) is 0.825. The molecular formula is C19H22N2O3S. The first-order chi connectivity index (χ1) is 12.0. The predicted molar refractivity (Wildman–Crippen MR) is 99.0 cm³/mol. The van der Waals surface area contributed by atoms with Crippen molar-refractivity contribution in [1.82, 2.24) is 4.90 Å². The van der Waals surface area contributed by atoms with E-state index in [1.165, 1.54) is 10.4 Å². The summed E-state index contributed by atoms with van der Waals surface area (Å²) < 4.78 is 5.34. The first-order valence-electron chi connectivity index (χ1n) is 8.22. The number of nitrogens with zero attached hydrogens (tertiary/aromatic N) is 2. The number of hydrogen-bond acceptors (Lipinski definition) is 4. The maximum atomic E-state index is 12.8. The van der Waals surface area contributed by atoms with Crippen LogP contribution < -0.4 is 9.64 Å². The van der Waals surface area contributed by atoms with Crippen molar-refractivity contribution in [2.24, 2.45) is 5.92 Å². The number of hydrogen-bond donors (Lipinski definition) is 0. The highest BCUT2D eigenvalue weighted by Gasteiger charge is 2.37. The lowest BCUT2D eigenvalue weighted by Crippen LogP contribution is -2.34. The number of aryl methyl sites for hydroxylation is 1. The molecule has 0 bridgehead atoms. The van der Waals surface area contributed by atoms with Gasteiger partial charge in [-0.3, -0.25) is 9.59 Å². The Hall–Kier alpha value is -2.34. The van der Waals surface area contributed by atoms with Crippen molar-refractivity contribution in [3.8, 4) is 5.75 Å². The molecule has 5 nitrogen and oxygen atoms in total. The molecule has 3 rings (SSSR count). The maximum Gasteiger partial charge on any atom is 0.228 e. The topological polar surface area (TPSA) is 49.9 Å². The third kappa shape index (κ3) is 3.54. The Morgan fingerprint density at radius 3 is 2.80 bits per heavy atom. The molecule has 1 aromatic carbocycles. The first-order valence-corrected chi connectivity index (χ1v) is 9.10. The van der Waals surface area contributed by atoms with E-state index < -0.39 is 0 Å². The number of methoxy groups -OCH3 is 1. The van der Waals surface area contributed by atoms with Crippen LogP contribution in [0.1, 0.15) is 16.9 Å². The number of benzene rings is 1. The SMILES string of the molecule is COc1ccccc1N1C[C@@H](C(=O)N(C)Cc2sccc2C)CC1=O. The average Bonchev–Trinajstić information content (AvgIpc) is 3.20. The van der Waals surface area contributed by atoms with Gasteiger partial charge in [0.2, 0.25) is 11.8 Å². The van der Waals surface area contributed by atoms with E-state index in [2.05, 4.69) is 6.07 Å². The van der Waals surface area contributed by atoms with Crippen molar-refractivity contribution < 1.29 is 14.3 Å². The molecule has 2 heterocycles. The fourth-order valence-electron chi connectivity index (χ4n) is 3.13. The number of carbonyl (C=O) groups is 2. The molecule has 132 valence electrons. The van der Waals surface area contributed by atoms with Crippen molar-refractivity contribution in [3.63, 3.8) is 0 Å². The molecule has 0 saturated carbocycles. The number of para-hydroxylation sites is 2. The minimum atomic E-state index is -0.317. The van der Waals surface area contributed by atoms with Gasteiger partial charge in [-0.1, -0.05) is 12.1 Å². The molecule has 0 spiro atoms. The van der Waals surface area contributed by atoms with Gasteiger partial charge >= 0.3 is 0 Å². The summed E-state index contributed by atoms with van der Waals surface area (Å²) in [5.41, 5.74) is 1.92. The van der Waals surface area contributed by atoms with Crippen LogP contribution in [0.25, 0.3) is 0 Å². The van der Waals surface area contributed by atoms with Crippen LogP contribution in [-0.4, -0.2) is 37.4 Å². The lowest BCUT2D eigenvalue weighted by atomic mass is 10.1. The Kier molecular flexibility index (Phi) is 5.08. The molecule has 0 N–H and O–H groups in total. The van der Waals surface area contributed by atoms with Crippen LogP contribution in [0.2, 0.25) is 0 Å². The molecule has 6 heteroatoms. The van der Waals surface area contributed by atoms with Crippen molar-refractivity contribution in [2.45, 2.75) is 19.9 Å². The van der Waals surface area contributed by atoms with Gasteiger partial charge in [-0.15, -0.1) is 11.3 Å². The van der Waals surface area contributed by atoms with E-state index in [4.69, 9.17) is 4.74 Å². The molecule has 1 aliphatic heterocycles. The summed E-state index contributed by atoms with van der Waals surface area (Å²) in [4.78, 5) is 29.8. The number of ether oxygens (including phenoxy) is 1. The van der Waals surface area contributed by atoms with Crippen molar-refractivity contribution >= 4 is 28.8 Å². The van der Waals surface area contributed by atoms with Crippen LogP contribution in [0, 0.1) is 12.8 Å². The Balaban J connectivity index is 1.71. The summed E-state index contributed by atoms with van der Waals surface area (Å²) >= 11 is 1.65. The van der Waals surface area contributed by atoms with E-state index in [1.807, 2.05) is 36.6 Å². The van der Waals surface area contributed by atoms with E-state index in [-0.39, 0.29) is 24.2 Å². The molecule has 1 aliphatic rings. The van der Waals surface area contributed by atoms with Crippen molar-refractivity contribution in [1.29, 1.82) is 0 Å². The first kappa shape index (κ1) is 17.5. The molecule has 1 aromatic heterocycles. The maximum absolute atomic E-state index is 12.8. The highest BCUT2D eigenvalue weighted by Crippen LogP contribution is 2.33. The number of anilines is 1. The fraction of sp³-hybridized carbons (Fsp3) is 0.368. The summed E-state index contributed by atoms with van der Waals surface area (Å²) in [5, 5.41) is 2.03. The molecule has 2 amide bonds. The minimum Gasteiger partial charge on any atom is -0.495 e. The fourth-order valence-corrected chi connectivity index (χ4v) is 4.09. The smallest absolute Gasteiger partial charge is 0.228 e. The Morgan fingerprint density at radius 1 is 1.36 bits per heavy atom. The zero-order valence-electron chi connectivity index (χ0n) is 14.7. The number of amides is 2. The second kappa shape index (κ2) is 7.27. The second-order valence-electron chi connectivity index (χ2n) is 6.30. The summed E-state index contributed by atoms with van der Waals surface area (Å²) in [6.07, 6.45) is 0.241. The van der Waals surface area contributed by atoms with E-state index >= 15 is 0 Å². The molecular weight excluding hydrogens is 336 g/mol. The molecule has 25 heavy (non-hydrogen) atoms. The van der Waals surface area contributed by atoms with E-state index in [0.29, 0.717) is 18.8 Å². The molecule has 1 atom stereocenters. The third-order valence-electron chi connectivity index (χ3n) is 4.58. The largest absolute Gasteiger partial charge is 0.495 e. The second-order valence-corrected chi connectivity index (χ2v) is 7.30. The zero-order chi connectivity index (χ0) is 18.0. The Labute approximate surface area is 151 Å². The average molecular weight is 358 g/mol. The van der Waals surface area contributed by atoms with Gasteiger partial charge in [0, 0.05) is 24.9 Å². The van der Waals surface area contributed by atoms with Gasteiger partial charge < -0.3 is 14.5 Å². The van der Waals surface area contributed by atoms with E-state index in [1.54, 1.807) is 35.3 Å². The van der Waals surface area contributed by atoms with Crippen molar-refractivity contribution in [2.75, 3.05) is 25.6 Å². The van der Waals surface area contributed by atoms with Crippen LogP contribution in [0.15, 0.2) is 35.7 Å². The van der Waals surface area contributed by atoms with Crippen molar-refractivity contribution in [3.05, 3.63) is 46.2 Å². The van der Waals surface area contributed by atoms with Gasteiger partial charge in [-0.2, -0.15) is 0 Å². The van der Waals surface area contributed by atoms with Gasteiger partial charge in [0.15, 0.2) is 0 Å². The number of rotatable bonds is 5. The standard InChI is InChI=1S/C19H22N2O3S/c1-13-8-9-25-17(13)12-20(2)19(23)14-10-18(22)21(11-14)15-6-4-5-7-16(15)24-3/h4-9,14H,10-12H2,1-3H3/t14-/m0/s1. The molecule has 2 aromatic rings. The van der Waals surface area contributed by atoms with Gasteiger partial charge in [-0.25, -0.2) is 0 Å². The minimum absolute atomic E-state index is 0.0125. The highest BCUT2D eigenvalue weighted by atomic mass is 32.1. The van der Waals surface area contributed by atoms with Crippen LogP contribution in [0.3, 0.4) is 0 Å². The third-order valence-corrected chi connectivity index (χ3v) is 5.58. The van der Waals surface area contributed by atoms with Gasteiger partial charge in [0.05, 0.1) is 25.3 Å². The van der Waals surface area contributed by atoms with Crippen LogP contribution in [-0.2, 0) is 16.1 Å². The molecule has 0 unspecified atom stereocenters. The van der Waals surface area contributed by atoms with E-state index in [0.717, 1.165) is 5.69 Å². The lowest BCUT2D eigenvalue weighted by molar-refractivity contribution is -0.135. The zero-order valence-corrected chi connectivity index (χ0v) is 15.5. The summed E-state index contributed by atoms with van der Waals surface area (Å²) in [6, 6.07) is 9.46. The molecule has 0 aliphatic carbocycles. The van der Waals surface area contributed by atoms with E-state index in [9.17, 15) is 9.59 Å². The lowest BCUT2D eigenvalue weighted by Gasteiger charge is -2.22. The normalized spacial score (nSPS) is 17.0. The Morgan fingerprint density at radius 2 is 2.12 bits per heavy atom. The monoisotopic (exact) mass is 358 g/mol. The van der Waals surface area contributed by atoms with Crippen LogP contribution >= 0.6 is 11.3 Å².